The van der Waals surface area contributed by atoms with Crippen LogP contribution < -0.4 is 24.3 Å². The number of hydrogen-bond donors (Lipinski definition) is 1. The van der Waals surface area contributed by atoms with E-state index in [1.807, 2.05) is 67.6 Å². The summed E-state index contributed by atoms with van der Waals surface area (Å²) in [6, 6.07) is 18.8. The molecule has 0 spiro atoms. The Hall–Kier alpha value is -3.67. The van der Waals surface area contributed by atoms with Gasteiger partial charge in [0.1, 0.15) is 11.5 Å². The number of carbonyl (C=O) groups excluding carboxylic acids is 1. The van der Waals surface area contributed by atoms with Crippen LogP contribution in [-0.2, 0) is 11.2 Å². The Labute approximate surface area is 182 Å². The van der Waals surface area contributed by atoms with Gasteiger partial charge in [-0.1, -0.05) is 17.7 Å². The maximum Gasteiger partial charge on any atom is 0.224 e. The van der Waals surface area contributed by atoms with Crippen molar-refractivity contribution in [2.24, 2.45) is 0 Å². The number of carbonyl (C=O) groups is 1. The molecule has 0 aliphatic carbocycles. The summed E-state index contributed by atoms with van der Waals surface area (Å²) in [5.74, 6) is 3.07. The highest BCUT2D eigenvalue weighted by Gasteiger charge is 2.14. The SMILES string of the molecule is COc1cc(CCC(=O)Nc2ccc(Oc3ccc(C)cc3)cc2)cc(OC)c1OC. The zero-order chi connectivity index (χ0) is 22.2. The van der Waals surface area contributed by atoms with E-state index in [1.54, 1.807) is 21.3 Å². The Morgan fingerprint density at radius 2 is 1.35 bits per heavy atom. The van der Waals surface area contributed by atoms with Crippen molar-refractivity contribution < 1.29 is 23.7 Å². The van der Waals surface area contributed by atoms with Crippen molar-refractivity contribution in [3.63, 3.8) is 0 Å². The summed E-state index contributed by atoms with van der Waals surface area (Å²) in [5, 5.41) is 2.91. The minimum atomic E-state index is -0.0824. The van der Waals surface area contributed by atoms with Crippen LogP contribution in [0, 0.1) is 6.92 Å². The van der Waals surface area contributed by atoms with Gasteiger partial charge in [-0.2, -0.15) is 0 Å². The fraction of sp³-hybridized carbons (Fsp3) is 0.240. The summed E-state index contributed by atoms with van der Waals surface area (Å²) >= 11 is 0. The number of benzene rings is 3. The van der Waals surface area contributed by atoms with Crippen LogP contribution in [0.5, 0.6) is 28.7 Å². The third kappa shape index (κ3) is 5.92. The summed E-state index contributed by atoms with van der Waals surface area (Å²) in [7, 11) is 4.70. The molecule has 0 unspecified atom stereocenters. The van der Waals surface area contributed by atoms with Gasteiger partial charge in [-0.3, -0.25) is 4.79 Å². The van der Waals surface area contributed by atoms with E-state index in [-0.39, 0.29) is 5.91 Å². The fourth-order valence-corrected chi connectivity index (χ4v) is 3.11. The molecular weight excluding hydrogens is 394 g/mol. The molecule has 0 atom stereocenters. The summed E-state index contributed by atoms with van der Waals surface area (Å²) < 4.78 is 21.9. The van der Waals surface area contributed by atoms with Crippen molar-refractivity contribution in [2.45, 2.75) is 19.8 Å². The van der Waals surface area contributed by atoms with E-state index in [9.17, 15) is 4.79 Å². The van der Waals surface area contributed by atoms with Crippen molar-refractivity contribution in [1.29, 1.82) is 0 Å². The van der Waals surface area contributed by atoms with E-state index >= 15 is 0 Å². The van der Waals surface area contributed by atoms with Crippen LogP contribution in [0.15, 0.2) is 60.7 Å². The minimum Gasteiger partial charge on any atom is -0.493 e. The number of nitrogens with one attached hydrogen (secondary N) is 1. The van der Waals surface area contributed by atoms with E-state index < -0.39 is 0 Å². The average molecular weight is 421 g/mol. The predicted molar refractivity (Wildman–Crippen MR) is 121 cm³/mol. The van der Waals surface area contributed by atoms with Gasteiger partial charge in [-0.05, 0) is 67.4 Å². The second-order valence-electron chi connectivity index (χ2n) is 7.02. The number of methoxy groups -OCH3 is 3. The quantitative estimate of drug-likeness (QED) is 0.502. The Bertz CT molecular complexity index is 988. The van der Waals surface area contributed by atoms with E-state index in [4.69, 9.17) is 18.9 Å². The van der Waals surface area contributed by atoms with Crippen LogP contribution in [0.25, 0.3) is 0 Å². The van der Waals surface area contributed by atoms with Crippen LogP contribution in [0.1, 0.15) is 17.5 Å². The Balaban J connectivity index is 1.56. The largest absolute Gasteiger partial charge is 0.493 e. The monoisotopic (exact) mass is 421 g/mol. The van der Waals surface area contributed by atoms with E-state index in [0.29, 0.717) is 41.5 Å². The lowest BCUT2D eigenvalue weighted by Gasteiger charge is -2.14. The number of ether oxygens (including phenoxy) is 4. The maximum atomic E-state index is 12.4. The first-order valence-corrected chi connectivity index (χ1v) is 9.95. The molecular formula is C25H27NO5. The molecule has 0 aliphatic rings. The zero-order valence-electron chi connectivity index (χ0n) is 18.2. The molecule has 6 heteroatoms. The molecule has 3 aromatic rings. The smallest absolute Gasteiger partial charge is 0.224 e. The van der Waals surface area contributed by atoms with Crippen molar-refractivity contribution in [2.75, 3.05) is 26.6 Å². The first-order chi connectivity index (χ1) is 15.0. The third-order valence-electron chi connectivity index (χ3n) is 4.76. The first kappa shape index (κ1) is 22.0. The Morgan fingerprint density at radius 3 is 1.87 bits per heavy atom. The Morgan fingerprint density at radius 1 is 0.806 bits per heavy atom. The maximum absolute atomic E-state index is 12.4. The number of anilines is 1. The molecule has 1 N–H and O–H groups in total. The molecule has 0 radical (unpaired) electrons. The topological polar surface area (TPSA) is 66.0 Å². The highest BCUT2D eigenvalue weighted by Crippen LogP contribution is 2.38. The summed E-state index contributed by atoms with van der Waals surface area (Å²) in [5.41, 5.74) is 2.81. The van der Waals surface area contributed by atoms with Crippen molar-refractivity contribution in [3.8, 4) is 28.7 Å². The van der Waals surface area contributed by atoms with Gasteiger partial charge >= 0.3 is 0 Å². The lowest BCUT2D eigenvalue weighted by Crippen LogP contribution is -2.12. The van der Waals surface area contributed by atoms with Gasteiger partial charge in [0, 0.05) is 12.1 Å². The van der Waals surface area contributed by atoms with Crippen molar-refractivity contribution >= 4 is 11.6 Å². The molecule has 3 rings (SSSR count). The van der Waals surface area contributed by atoms with Gasteiger partial charge in [-0.25, -0.2) is 0 Å². The average Bonchev–Trinajstić information content (AvgIpc) is 2.79. The molecule has 31 heavy (non-hydrogen) atoms. The molecule has 0 fully saturated rings. The number of hydrogen-bond acceptors (Lipinski definition) is 5. The first-order valence-electron chi connectivity index (χ1n) is 9.95. The second kappa shape index (κ2) is 10.4. The molecule has 0 heterocycles. The molecule has 1 amide bonds. The van der Waals surface area contributed by atoms with Gasteiger partial charge in [0.05, 0.1) is 21.3 Å². The number of rotatable bonds is 9. The van der Waals surface area contributed by atoms with Crippen molar-refractivity contribution in [3.05, 3.63) is 71.8 Å². The number of aryl methyl sites for hydroxylation is 2. The van der Waals surface area contributed by atoms with Gasteiger partial charge in [0.25, 0.3) is 0 Å². The second-order valence-corrected chi connectivity index (χ2v) is 7.02. The van der Waals surface area contributed by atoms with E-state index in [0.717, 1.165) is 11.3 Å². The fourth-order valence-electron chi connectivity index (χ4n) is 3.11. The van der Waals surface area contributed by atoms with Gasteiger partial charge in [0.15, 0.2) is 11.5 Å². The lowest BCUT2D eigenvalue weighted by molar-refractivity contribution is -0.116. The predicted octanol–water partition coefficient (Wildman–Crippen LogP) is 5.38. The highest BCUT2D eigenvalue weighted by atomic mass is 16.5. The summed E-state index contributed by atoms with van der Waals surface area (Å²) in [6.07, 6.45) is 0.859. The zero-order valence-corrected chi connectivity index (χ0v) is 18.2. The minimum absolute atomic E-state index is 0.0824. The molecule has 162 valence electrons. The van der Waals surface area contributed by atoms with E-state index in [2.05, 4.69) is 5.32 Å². The molecule has 0 bridgehead atoms. The van der Waals surface area contributed by atoms with Gasteiger partial charge in [0.2, 0.25) is 11.7 Å². The standard InChI is InChI=1S/C25H27NO5/c1-17-5-10-20(11-6-17)31-21-12-8-19(9-13-21)26-24(27)14-7-18-15-22(28-2)25(30-4)23(16-18)29-3/h5-6,8-13,15-16H,7,14H2,1-4H3,(H,26,27). The van der Waals surface area contributed by atoms with Crippen molar-refractivity contribution in [1.82, 2.24) is 0 Å². The van der Waals surface area contributed by atoms with Gasteiger partial charge in [-0.15, -0.1) is 0 Å². The van der Waals surface area contributed by atoms with Gasteiger partial charge < -0.3 is 24.3 Å². The molecule has 0 aliphatic heterocycles. The molecule has 0 saturated heterocycles. The molecule has 6 nitrogen and oxygen atoms in total. The third-order valence-corrected chi connectivity index (χ3v) is 4.76. The summed E-state index contributed by atoms with van der Waals surface area (Å²) in [4.78, 5) is 12.4. The molecule has 3 aromatic carbocycles. The Kier molecular flexibility index (Phi) is 7.38. The van der Waals surface area contributed by atoms with Crippen LogP contribution in [0.2, 0.25) is 0 Å². The summed E-state index contributed by atoms with van der Waals surface area (Å²) in [6.45, 7) is 2.03. The van der Waals surface area contributed by atoms with Crippen LogP contribution in [0.4, 0.5) is 5.69 Å². The molecule has 0 aromatic heterocycles. The van der Waals surface area contributed by atoms with Crippen LogP contribution in [0.3, 0.4) is 0 Å². The molecule has 0 saturated carbocycles. The lowest BCUT2D eigenvalue weighted by atomic mass is 10.1. The highest BCUT2D eigenvalue weighted by molar-refractivity contribution is 5.90. The van der Waals surface area contributed by atoms with E-state index in [1.165, 1.54) is 5.56 Å². The number of amides is 1. The van der Waals surface area contributed by atoms with Crippen LogP contribution in [-0.4, -0.2) is 27.2 Å². The van der Waals surface area contributed by atoms with Crippen LogP contribution >= 0.6 is 0 Å². The normalized spacial score (nSPS) is 10.3.